The number of tetrazole rings is 1. The molecular formula is C17H21N9O2S. The smallest absolute Gasteiger partial charge is 0.233 e. The fourth-order valence-corrected chi connectivity index (χ4v) is 3.72. The first-order chi connectivity index (χ1) is 14.1. The predicted molar refractivity (Wildman–Crippen MR) is 105 cm³/mol. The van der Waals surface area contributed by atoms with E-state index < -0.39 is 0 Å². The zero-order chi connectivity index (χ0) is 20.2. The second kappa shape index (κ2) is 8.55. The summed E-state index contributed by atoms with van der Waals surface area (Å²) >= 11 is 1.35. The van der Waals surface area contributed by atoms with E-state index in [0.717, 1.165) is 24.5 Å². The van der Waals surface area contributed by atoms with Gasteiger partial charge < -0.3 is 14.3 Å². The van der Waals surface area contributed by atoms with Gasteiger partial charge in [-0.25, -0.2) is 9.67 Å². The van der Waals surface area contributed by atoms with Crippen LogP contribution in [0.5, 0.6) is 0 Å². The topological polar surface area (TPSA) is 119 Å². The Morgan fingerprint density at radius 3 is 2.69 bits per heavy atom. The van der Waals surface area contributed by atoms with Crippen LogP contribution in [0.1, 0.15) is 12.8 Å². The second-order valence-corrected chi connectivity index (χ2v) is 7.45. The van der Waals surface area contributed by atoms with E-state index in [9.17, 15) is 4.79 Å². The van der Waals surface area contributed by atoms with Crippen molar-refractivity contribution in [3.63, 3.8) is 0 Å². The molecule has 12 heteroatoms. The van der Waals surface area contributed by atoms with Gasteiger partial charge in [-0.3, -0.25) is 4.79 Å². The van der Waals surface area contributed by atoms with Crippen molar-refractivity contribution in [3.05, 3.63) is 24.2 Å². The van der Waals surface area contributed by atoms with Crippen LogP contribution < -0.4 is 4.90 Å². The summed E-state index contributed by atoms with van der Waals surface area (Å²) in [5.41, 5.74) is 0.821. The highest BCUT2D eigenvalue weighted by atomic mass is 32.2. The molecule has 0 atom stereocenters. The molecule has 152 valence electrons. The van der Waals surface area contributed by atoms with Crippen LogP contribution in [0.3, 0.4) is 0 Å². The van der Waals surface area contributed by atoms with Crippen molar-refractivity contribution in [2.24, 2.45) is 7.05 Å². The molecule has 1 fully saturated rings. The lowest BCUT2D eigenvalue weighted by atomic mass is 10.2. The second-order valence-electron chi connectivity index (χ2n) is 6.51. The minimum absolute atomic E-state index is 0.0878. The largest absolute Gasteiger partial charge is 0.353 e. The molecule has 11 nitrogen and oxygen atoms in total. The summed E-state index contributed by atoms with van der Waals surface area (Å²) in [6.45, 7) is 4.75. The monoisotopic (exact) mass is 415 g/mol. The van der Waals surface area contributed by atoms with E-state index in [1.54, 1.807) is 17.9 Å². The molecule has 1 amide bonds. The number of aromatic nitrogens is 7. The first kappa shape index (κ1) is 19.3. The Labute approximate surface area is 171 Å². The van der Waals surface area contributed by atoms with E-state index in [1.165, 1.54) is 11.8 Å². The van der Waals surface area contributed by atoms with Crippen molar-refractivity contribution >= 4 is 23.5 Å². The van der Waals surface area contributed by atoms with Crippen LogP contribution in [0, 0.1) is 0 Å². The highest BCUT2D eigenvalue weighted by Gasteiger charge is 2.22. The minimum Gasteiger partial charge on any atom is -0.353 e. The normalized spacial score (nSPS) is 14.4. The molecule has 3 aromatic rings. The Morgan fingerprint density at radius 2 is 2.07 bits per heavy atom. The first-order valence-electron chi connectivity index (χ1n) is 9.31. The number of thioether (sulfide) groups is 1. The van der Waals surface area contributed by atoms with Gasteiger partial charge in [-0.05, 0) is 22.6 Å². The molecule has 0 radical (unpaired) electrons. The quantitative estimate of drug-likeness (QED) is 0.531. The molecule has 1 aliphatic heterocycles. The molecule has 0 saturated carbocycles. The Morgan fingerprint density at radius 1 is 1.24 bits per heavy atom. The highest BCUT2D eigenvalue weighted by molar-refractivity contribution is 7.99. The Bertz CT molecular complexity index is 963. The average Bonchev–Trinajstić information content (AvgIpc) is 3.41. The summed E-state index contributed by atoms with van der Waals surface area (Å²) < 4.78 is 6.71. The van der Waals surface area contributed by atoms with E-state index in [0.29, 0.717) is 42.1 Å². The molecule has 0 N–H and O–H groups in total. The number of hydrogen-bond acceptors (Lipinski definition) is 10. The summed E-state index contributed by atoms with van der Waals surface area (Å²) in [6.07, 6.45) is 2.46. The van der Waals surface area contributed by atoms with Gasteiger partial charge in [-0.1, -0.05) is 23.8 Å². The predicted octanol–water partition coefficient (Wildman–Crippen LogP) is 0.658. The van der Waals surface area contributed by atoms with Crippen LogP contribution in [-0.2, 0) is 18.3 Å². The number of carbonyl (C=O) groups excluding carboxylic acids is 1. The number of rotatable bonds is 6. The molecule has 0 unspecified atom stereocenters. The molecular weight excluding hydrogens is 394 g/mol. The van der Waals surface area contributed by atoms with Gasteiger partial charge in [-0.15, -0.1) is 5.10 Å². The first-order valence-corrected chi connectivity index (χ1v) is 10.3. The Balaban J connectivity index is 1.30. The molecule has 4 heterocycles. The number of hydrogen-bond donors (Lipinski definition) is 0. The van der Waals surface area contributed by atoms with Gasteiger partial charge in [0, 0.05) is 51.4 Å². The minimum atomic E-state index is 0.0878. The van der Waals surface area contributed by atoms with E-state index in [-0.39, 0.29) is 5.91 Å². The van der Waals surface area contributed by atoms with Crippen LogP contribution in [0.4, 0.5) is 5.82 Å². The summed E-state index contributed by atoms with van der Waals surface area (Å²) in [5.74, 6) is 2.45. The number of carbonyl (C=O) groups is 1. The zero-order valence-corrected chi connectivity index (χ0v) is 17.0. The maximum Gasteiger partial charge on any atom is 0.233 e. The van der Waals surface area contributed by atoms with Crippen LogP contribution >= 0.6 is 11.8 Å². The lowest BCUT2D eigenvalue weighted by molar-refractivity contribution is -0.128. The maximum absolute atomic E-state index is 12.4. The van der Waals surface area contributed by atoms with E-state index in [2.05, 4.69) is 35.5 Å². The van der Waals surface area contributed by atoms with Gasteiger partial charge in [0.15, 0.2) is 0 Å². The van der Waals surface area contributed by atoms with Crippen LogP contribution in [0.2, 0.25) is 0 Å². The van der Waals surface area contributed by atoms with Crippen molar-refractivity contribution in [2.75, 3.05) is 36.8 Å². The van der Waals surface area contributed by atoms with Crippen molar-refractivity contribution in [3.8, 4) is 11.4 Å². The summed E-state index contributed by atoms with van der Waals surface area (Å²) in [5, 5.41) is 15.8. The molecule has 0 bridgehead atoms. The maximum atomic E-state index is 12.4. The molecule has 29 heavy (non-hydrogen) atoms. The number of aryl methyl sites for hydroxylation is 2. The summed E-state index contributed by atoms with van der Waals surface area (Å²) in [7, 11) is 1.76. The number of piperazine rings is 1. The number of amides is 1. The zero-order valence-electron chi connectivity index (χ0n) is 16.2. The van der Waals surface area contributed by atoms with Gasteiger partial charge in [0.05, 0.1) is 5.75 Å². The van der Waals surface area contributed by atoms with Crippen LogP contribution in [0.25, 0.3) is 11.4 Å². The number of pyridine rings is 1. The van der Waals surface area contributed by atoms with Crippen molar-refractivity contribution < 1.29 is 9.32 Å². The van der Waals surface area contributed by atoms with Gasteiger partial charge >= 0.3 is 0 Å². The van der Waals surface area contributed by atoms with Crippen LogP contribution in [0.15, 0.2) is 28.0 Å². The Hall–Kier alpha value is -3.02. The van der Waals surface area contributed by atoms with E-state index in [4.69, 9.17) is 4.52 Å². The molecule has 3 aromatic heterocycles. The van der Waals surface area contributed by atoms with Gasteiger partial charge in [0.25, 0.3) is 0 Å². The Kier molecular flexibility index (Phi) is 5.69. The summed E-state index contributed by atoms with van der Waals surface area (Å²) in [6, 6.07) is 3.89. The molecule has 1 aliphatic rings. The molecule has 0 aliphatic carbocycles. The van der Waals surface area contributed by atoms with Gasteiger partial charge in [0.2, 0.25) is 22.8 Å². The molecule has 1 saturated heterocycles. The standard InChI is InChI=1S/C17H21N9O2S/c1-3-14-19-16(21-28-14)12-4-5-13(18-10-12)25-6-8-26(9-7-25)15(27)11-29-17-20-22-23-24(17)2/h4-5,10H,3,6-9,11H2,1-2H3. The van der Waals surface area contributed by atoms with Gasteiger partial charge in [0.1, 0.15) is 5.82 Å². The lowest BCUT2D eigenvalue weighted by Crippen LogP contribution is -2.49. The third-order valence-electron chi connectivity index (χ3n) is 4.64. The van der Waals surface area contributed by atoms with E-state index >= 15 is 0 Å². The van der Waals surface area contributed by atoms with Crippen molar-refractivity contribution in [1.82, 2.24) is 40.2 Å². The molecule has 4 rings (SSSR count). The molecule has 0 spiro atoms. The SMILES string of the molecule is CCc1nc(-c2ccc(N3CCN(C(=O)CSc4nnnn4C)CC3)nc2)no1. The summed E-state index contributed by atoms with van der Waals surface area (Å²) in [4.78, 5) is 25.3. The van der Waals surface area contributed by atoms with Crippen molar-refractivity contribution in [1.29, 1.82) is 0 Å². The van der Waals surface area contributed by atoms with Crippen LogP contribution in [-0.4, -0.2) is 78.1 Å². The third kappa shape index (κ3) is 4.36. The molecule has 0 aromatic carbocycles. The van der Waals surface area contributed by atoms with E-state index in [1.807, 2.05) is 24.0 Å². The third-order valence-corrected chi connectivity index (χ3v) is 5.63. The number of nitrogens with zero attached hydrogens (tertiary/aromatic N) is 9. The fourth-order valence-electron chi connectivity index (χ4n) is 2.97. The van der Waals surface area contributed by atoms with Gasteiger partial charge in [-0.2, -0.15) is 4.98 Å². The lowest BCUT2D eigenvalue weighted by Gasteiger charge is -2.35. The van der Waals surface area contributed by atoms with Crippen molar-refractivity contribution in [2.45, 2.75) is 18.5 Å². The fraction of sp³-hybridized carbons (Fsp3) is 0.471. The highest BCUT2D eigenvalue weighted by Crippen LogP contribution is 2.20. The average molecular weight is 415 g/mol. The number of anilines is 1.